The van der Waals surface area contributed by atoms with Crippen LogP contribution >= 0.6 is 0 Å². The number of rotatable bonds is 2. The van der Waals surface area contributed by atoms with Crippen molar-refractivity contribution in [1.29, 1.82) is 0 Å². The van der Waals surface area contributed by atoms with Gasteiger partial charge in [0.1, 0.15) is 0 Å². The standard InChI is InChI=1S/C13H24N2O3/c1-8-10(11(16)17)6-7-15(8)12(18)14-9(2)13(3,4)5/h8-10H,6-7H2,1-5H3,(H,14,18)(H,16,17). The fraction of sp³-hybridized carbons (Fsp3) is 0.846. The van der Waals surface area contributed by atoms with Crippen LogP contribution in [0, 0.1) is 11.3 Å². The Hall–Kier alpha value is -1.26. The molecule has 3 atom stereocenters. The molecule has 1 fully saturated rings. The lowest BCUT2D eigenvalue weighted by Crippen LogP contribution is -2.50. The molecule has 104 valence electrons. The summed E-state index contributed by atoms with van der Waals surface area (Å²) in [5.41, 5.74) is -0.00911. The first kappa shape index (κ1) is 14.8. The molecule has 1 saturated heterocycles. The first-order valence-electron chi connectivity index (χ1n) is 6.44. The number of aliphatic carboxylic acids is 1. The number of carbonyl (C=O) groups is 2. The lowest BCUT2D eigenvalue weighted by Gasteiger charge is -2.31. The van der Waals surface area contributed by atoms with E-state index in [1.54, 1.807) is 11.8 Å². The van der Waals surface area contributed by atoms with Gasteiger partial charge in [0.15, 0.2) is 0 Å². The van der Waals surface area contributed by atoms with Gasteiger partial charge in [-0.25, -0.2) is 4.79 Å². The number of carboxylic acids is 1. The van der Waals surface area contributed by atoms with Gasteiger partial charge in [-0.05, 0) is 25.7 Å². The minimum atomic E-state index is -0.818. The van der Waals surface area contributed by atoms with Gasteiger partial charge in [0, 0.05) is 18.6 Å². The summed E-state index contributed by atoms with van der Waals surface area (Å²) >= 11 is 0. The van der Waals surface area contributed by atoms with Crippen molar-refractivity contribution in [3.05, 3.63) is 0 Å². The van der Waals surface area contributed by atoms with Crippen LogP contribution < -0.4 is 5.32 Å². The van der Waals surface area contributed by atoms with Crippen LogP contribution in [0.4, 0.5) is 4.79 Å². The van der Waals surface area contributed by atoms with Crippen LogP contribution in [0.5, 0.6) is 0 Å². The monoisotopic (exact) mass is 256 g/mol. The van der Waals surface area contributed by atoms with Gasteiger partial charge >= 0.3 is 12.0 Å². The maximum atomic E-state index is 12.1. The molecule has 1 aliphatic rings. The van der Waals surface area contributed by atoms with Crippen molar-refractivity contribution in [2.45, 2.75) is 53.1 Å². The van der Waals surface area contributed by atoms with Crippen molar-refractivity contribution in [2.75, 3.05) is 6.54 Å². The van der Waals surface area contributed by atoms with E-state index in [0.717, 1.165) is 0 Å². The fourth-order valence-corrected chi connectivity index (χ4v) is 2.04. The molecule has 3 unspecified atom stereocenters. The number of nitrogens with zero attached hydrogens (tertiary/aromatic N) is 1. The van der Waals surface area contributed by atoms with Crippen molar-refractivity contribution in [3.63, 3.8) is 0 Å². The van der Waals surface area contributed by atoms with E-state index in [1.165, 1.54) is 0 Å². The molecule has 0 aromatic carbocycles. The number of hydrogen-bond acceptors (Lipinski definition) is 2. The first-order valence-corrected chi connectivity index (χ1v) is 6.44. The highest BCUT2D eigenvalue weighted by atomic mass is 16.4. The summed E-state index contributed by atoms with van der Waals surface area (Å²) in [4.78, 5) is 24.7. The summed E-state index contributed by atoms with van der Waals surface area (Å²) < 4.78 is 0. The minimum absolute atomic E-state index is 0.00911. The zero-order chi connectivity index (χ0) is 14.1. The number of carbonyl (C=O) groups excluding carboxylic acids is 1. The number of urea groups is 1. The molecule has 1 aliphatic heterocycles. The number of likely N-dealkylation sites (tertiary alicyclic amines) is 1. The molecule has 0 aromatic heterocycles. The van der Waals surface area contributed by atoms with Gasteiger partial charge in [0.25, 0.3) is 0 Å². The Labute approximate surface area is 109 Å². The van der Waals surface area contributed by atoms with Crippen molar-refractivity contribution in [2.24, 2.45) is 11.3 Å². The predicted octanol–water partition coefficient (Wildman–Crippen LogP) is 1.93. The van der Waals surface area contributed by atoms with E-state index in [-0.39, 0.29) is 23.5 Å². The third-order valence-electron chi connectivity index (χ3n) is 3.97. The van der Waals surface area contributed by atoms with E-state index in [2.05, 4.69) is 26.1 Å². The lowest BCUT2D eigenvalue weighted by atomic mass is 9.88. The maximum Gasteiger partial charge on any atom is 0.317 e. The van der Waals surface area contributed by atoms with Crippen molar-refractivity contribution in [1.82, 2.24) is 10.2 Å². The molecule has 5 nitrogen and oxygen atoms in total. The van der Waals surface area contributed by atoms with E-state index < -0.39 is 11.9 Å². The molecular formula is C13H24N2O3. The van der Waals surface area contributed by atoms with E-state index >= 15 is 0 Å². The summed E-state index contributed by atoms with van der Waals surface area (Å²) in [5, 5.41) is 12.0. The van der Waals surface area contributed by atoms with E-state index in [4.69, 9.17) is 5.11 Å². The Kier molecular flexibility index (Phi) is 4.24. The Morgan fingerprint density at radius 3 is 2.33 bits per heavy atom. The van der Waals surface area contributed by atoms with Gasteiger partial charge in [-0.3, -0.25) is 4.79 Å². The third-order valence-corrected chi connectivity index (χ3v) is 3.97. The molecule has 1 rings (SSSR count). The van der Waals surface area contributed by atoms with Crippen LogP contribution in [0.15, 0.2) is 0 Å². The second kappa shape index (κ2) is 5.16. The Morgan fingerprint density at radius 1 is 1.39 bits per heavy atom. The summed E-state index contributed by atoms with van der Waals surface area (Å²) in [6, 6.07) is -0.357. The maximum absolute atomic E-state index is 12.1. The second-order valence-corrected chi connectivity index (χ2v) is 6.20. The molecule has 2 amide bonds. The van der Waals surface area contributed by atoms with Crippen LogP contribution in [0.3, 0.4) is 0 Å². The van der Waals surface area contributed by atoms with Crippen LogP contribution in [-0.2, 0) is 4.79 Å². The van der Waals surface area contributed by atoms with Gasteiger partial charge in [-0.15, -0.1) is 0 Å². The number of nitrogens with one attached hydrogen (secondary N) is 1. The average molecular weight is 256 g/mol. The molecule has 0 radical (unpaired) electrons. The summed E-state index contributed by atoms with van der Waals surface area (Å²) in [6.07, 6.45) is 0.536. The molecule has 2 N–H and O–H groups in total. The highest BCUT2D eigenvalue weighted by Crippen LogP contribution is 2.25. The molecule has 0 spiro atoms. The molecule has 18 heavy (non-hydrogen) atoms. The van der Waals surface area contributed by atoms with Crippen LogP contribution in [0.1, 0.15) is 41.0 Å². The van der Waals surface area contributed by atoms with E-state index in [1.807, 2.05) is 6.92 Å². The summed E-state index contributed by atoms with van der Waals surface area (Å²) in [7, 11) is 0. The van der Waals surface area contributed by atoms with Gasteiger partial charge in [-0.1, -0.05) is 20.8 Å². The topological polar surface area (TPSA) is 69.6 Å². The zero-order valence-corrected chi connectivity index (χ0v) is 11.9. The molecule has 0 bridgehead atoms. The Balaban J connectivity index is 2.62. The average Bonchev–Trinajstić information content (AvgIpc) is 2.58. The highest BCUT2D eigenvalue weighted by Gasteiger charge is 2.38. The largest absolute Gasteiger partial charge is 0.481 e. The SMILES string of the molecule is CC1C(C(=O)O)CCN1C(=O)NC(C)C(C)(C)C. The van der Waals surface area contributed by atoms with Gasteiger partial charge in [-0.2, -0.15) is 0 Å². The van der Waals surface area contributed by atoms with Crippen molar-refractivity contribution >= 4 is 12.0 Å². The number of carboxylic acid groups (broad SMARTS) is 1. The van der Waals surface area contributed by atoms with Crippen molar-refractivity contribution < 1.29 is 14.7 Å². The van der Waals surface area contributed by atoms with Gasteiger partial charge < -0.3 is 15.3 Å². The normalized spacial score (nSPS) is 25.9. The molecule has 0 aromatic rings. The second-order valence-electron chi connectivity index (χ2n) is 6.20. The molecule has 1 heterocycles. The molecule has 5 heteroatoms. The number of amides is 2. The molecule has 0 aliphatic carbocycles. The van der Waals surface area contributed by atoms with E-state index in [0.29, 0.717) is 13.0 Å². The molecule has 0 saturated carbocycles. The lowest BCUT2D eigenvalue weighted by molar-refractivity contribution is -0.142. The van der Waals surface area contributed by atoms with Crippen LogP contribution in [0.2, 0.25) is 0 Å². The minimum Gasteiger partial charge on any atom is -0.481 e. The fourth-order valence-electron chi connectivity index (χ4n) is 2.04. The quantitative estimate of drug-likeness (QED) is 0.793. The zero-order valence-electron chi connectivity index (χ0n) is 11.9. The number of hydrogen-bond donors (Lipinski definition) is 2. The predicted molar refractivity (Wildman–Crippen MR) is 69.4 cm³/mol. The van der Waals surface area contributed by atoms with E-state index in [9.17, 15) is 9.59 Å². The first-order chi connectivity index (χ1) is 8.14. The third kappa shape index (κ3) is 3.15. The van der Waals surface area contributed by atoms with Crippen LogP contribution in [-0.4, -0.2) is 40.6 Å². The van der Waals surface area contributed by atoms with Gasteiger partial charge in [0.05, 0.1) is 5.92 Å². The Bertz CT molecular complexity index is 336. The summed E-state index contributed by atoms with van der Waals surface area (Å²) in [5.74, 6) is -1.26. The highest BCUT2D eigenvalue weighted by molar-refractivity contribution is 5.78. The summed E-state index contributed by atoms with van der Waals surface area (Å²) in [6.45, 7) is 10.5. The van der Waals surface area contributed by atoms with Gasteiger partial charge in [0.2, 0.25) is 0 Å². The smallest absolute Gasteiger partial charge is 0.317 e. The van der Waals surface area contributed by atoms with Crippen LogP contribution in [0.25, 0.3) is 0 Å². The van der Waals surface area contributed by atoms with Crippen molar-refractivity contribution in [3.8, 4) is 0 Å². The Morgan fingerprint density at radius 2 is 1.94 bits per heavy atom. The molecular weight excluding hydrogens is 232 g/mol.